The van der Waals surface area contributed by atoms with Crippen molar-refractivity contribution in [2.75, 3.05) is 23.0 Å². The summed E-state index contributed by atoms with van der Waals surface area (Å²) in [6.07, 6.45) is -0.289. The molecule has 2 aromatic rings. The number of hydrogen-bond donors (Lipinski definition) is 4. The van der Waals surface area contributed by atoms with Crippen LogP contribution in [-0.4, -0.2) is 29.0 Å². The SMILES string of the molecule is CN1c2ccc(-c3nn(C(C)(C)C)c(N)c3C(N)=O)cc2NC1N. The molecule has 1 aliphatic heterocycles. The Morgan fingerprint density at radius 3 is 2.58 bits per heavy atom. The minimum absolute atomic E-state index is 0.237. The van der Waals surface area contributed by atoms with Crippen LogP contribution in [0.3, 0.4) is 0 Å². The van der Waals surface area contributed by atoms with Gasteiger partial charge < -0.3 is 21.7 Å². The maximum Gasteiger partial charge on any atom is 0.254 e. The molecular formula is C16H23N7O. The van der Waals surface area contributed by atoms with Crippen molar-refractivity contribution >= 4 is 23.1 Å². The largest absolute Gasteiger partial charge is 0.383 e. The van der Waals surface area contributed by atoms with E-state index in [4.69, 9.17) is 17.2 Å². The smallest absolute Gasteiger partial charge is 0.254 e. The van der Waals surface area contributed by atoms with E-state index in [1.165, 1.54) is 0 Å². The number of nitrogens with two attached hydrogens (primary N) is 3. The van der Waals surface area contributed by atoms with E-state index in [9.17, 15) is 4.79 Å². The van der Waals surface area contributed by atoms with E-state index in [1.54, 1.807) is 4.68 Å². The van der Waals surface area contributed by atoms with E-state index in [2.05, 4.69) is 10.4 Å². The number of anilines is 3. The van der Waals surface area contributed by atoms with Gasteiger partial charge in [0.1, 0.15) is 17.1 Å². The van der Waals surface area contributed by atoms with Crippen molar-refractivity contribution in [1.29, 1.82) is 0 Å². The Bertz CT molecular complexity index is 819. The first-order valence-corrected chi connectivity index (χ1v) is 7.69. The predicted molar refractivity (Wildman–Crippen MR) is 95.6 cm³/mol. The minimum atomic E-state index is -0.597. The number of aromatic nitrogens is 2. The normalized spacial score (nSPS) is 16.9. The number of fused-ring (bicyclic) bond motifs is 1. The van der Waals surface area contributed by atoms with Gasteiger partial charge in [-0.15, -0.1) is 0 Å². The molecule has 1 aliphatic rings. The van der Waals surface area contributed by atoms with Gasteiger partial charge in [-0.25, -0.2) is 4.68 Å². The quantitative estimate of drug-likeness (QED) is 0.653. The molecule has 0 bridgehead atoms. The Morgan fingerprint density at radius 1 is 1.33 bits per heavy atom. The van der Waals surface area contributed by atoms with Crippen LogP contribution in [0.1, 0.15) is 31.1 Å². The highest BCUT2D eigenvalue weighted by Gasteiger charge is 2.28. The number of benzene rings is 1. The number of carbonyl (C=O) groups is 1. The van der Waals surface area contributed by atoms with Gasteiger partial charge in [-0.05, 0) is 32.9 Å². The summed E-state index contributed by atoms with van der Waals surface area (Å²) in [5.41, 5.74) is 20.6. The fourth-order valence-electron chi connectivity index (χ4n) is 2.90. The Balaban J connectivity index is 2.17. The first-order chi connectivity index (χ1) is 11.1. The Labute approximate surface area is 140 Å². The monoisotopic (exact) mass is 329 g/mol. The summed E-state index contributed by atoms with van der Waals surface area (Å²) in [5, 5.41) is 7.73. The van der Waals surface area contributed by atoms with Crippen molar-refractivity contribution in [2.24, 2.45) is 11.5 Å². The van der Waals surface area contributed by atoms with Crippen molar-refractivity contribution in [3.05, 3.63) is 23.8 Å². The summed E-state index contributed by atoms with van der Waals surface area (Å²) in [6.45, 7) is 5.88. The van der Waals surface area contributed by atoms with Crippen molar-refractivity contribution in [2.45, 2.75) is 32.6 Å². The minimum Gasteiger partial charge on any atom is -0.383 e. The van der Waals surface area contributed by atoms with Crippen molar-refractivity contribution in [1.82, 2.24) is 9.78 Å². The second-order valence-corrected chi connectivity index (χ2v) is 6.99. The highest BCUT2D eigenvalue weighted by Crippen LogP contribution is 2.37. The molecule has 1 aromatic heterocycles. The van der Waals surface area contributed by atoms with Crippen molar-refractivity contribution < 1.29 is 4.79 Å². The molecule has 1 atom stereocenters. The third-order valence-electron chi connectivity index (χ3n) is 4.17. The second kappa shape index (κ2) is 5.13. The van der Waals surface area contributed by atoms with Gasteiger partial charge in [0.05, 0.1) is 16.9 Å². The molecule has 8 heteroatoms. The zero-order chi connectivity index (χ0) is 17.8. The molecule has 2 heterocycles. The molecule has 0 radical (unpaired) electrons. The molecule has 0 saturated carbocycles. The van der Waals surface area contributed by atoms with Crippen LogP contribution in [0.5, 0.6) is 0 Å². The molecule has 1 amide bonds. The highest BCUT2D eigenvalue weighted by molar-refractivity contribution is 6.03. The van der Waals surface area contributed by atoms with E-state index >= 15 is 0 Å². The van der Waals surface area contributed by atoms with Gasteiger partial charge in [-0.1, -0.05) is 6.07 Å². The summed E-state index contributed by atoms with van der Waals surface area (Å²) in [4.78, 5) is 13.9. The Kier molecular flexibility index (Phi) is 3.45. The van der Waals surface area contributed by atoms with Gasteiger partial charge in [0.15, 0.2) is 6.29 Å². The molecule has 128 valence electrons. The fraction of sp³-hybridized carbons (Fsp3) is 0.375. The van der Waals surface area contributed by atoms with E-state index in [1.807, 2.05) is 50.9 Å². The summed E-state index contributed by atoms with van der Waals surface area (Å²) in [6, 6.07) is 5.72. The Hall–Kier alpha value is -2.74. The van der Waals surface area contributed by atoms with Crippen LogP contribution < -0.4 is 27.4 Å². The summed E-state index contributed by atoms with van der Waals surface area (Å²) >= 11 is 0. The first-order valence-electron chi connectivity index (χ1n) is 7.69. The van der Waals surface area contributed by atoms with Crippen LogP contribution in [-0.2, 0) is 5.54 Å². The molecule has 7 N–H and O–H groups in total. The maximum absolute atomic E-state index is 11.9. The second-order valence-electron chi connectivity index (χ2n) is 6.99. The molecule has 0 saturated heterocycles. The summed E-state index contributed by atoms with van der Waals surface area (Å²) in [5.74, 6) is -0.326. The third-order valence-corrected chi connectivity index (χ3v) is 4.17. The van der Waals surface area contributed by atoms with E-state index in [-0.39, 0.29) is 23.2 Å². The molecule has 8 nitrogen and oxygen atoms in total. The standard InChI is InChI=1S/C16H23N7O/c1-16(2,3)23-13(17)11(14(18)24)12(21-23)8-5-6-10-9(7-8)20-15(19)22(10)4/h5-7,15,20H,17,19H2,1-4H3,(H2,18,24). The molecule has 24 heavy (non-hydrogen) atoms. The van der Waals surface area contributed by atoms with Crippen LogP contribution >= 0.6 is 0 Å². The lowest BCUT2D eigenvalue weighted by Gasteiger charge is -2.20. The van der Waals surface area contributed by atoms with Crippen LogP contribution in [0, 0.1) is 0 Å². The number of carbonyl (C=O) groups excluding carboxylic acids is 1. The van der Waals surface area contributed by atoms with Crippen LogP contribution in [0.2, 0.25) is 0 Å². The zero-order valence-corrected chi connectivity index (χ0v) is 14.3. The lowest BCUT2D eigenvalue weighted by molar-refractivity contribution is 0.100. The lowest BCUT2D eigenvalue weighted by atomic mass is 10.1. The van der Waals surface area contributed by atoms with Crippen molar-refractivity contribution in [3.63, 3.8) is 0 Å². The van der Waals surface area contributed by atoms with E-state index < -0.39 is 5.91 Å². The highest BCUT2D eigenvalue weighted by atomic mass is 16.1. The van der Waals surface area contributed by atoms with Gasteiger partial charge >= 0.3 is 0 Å². The van der Waals surface area contributed by atoms with E-state index in [0.717, 1.165) is 16.9 Å². The number of nitrogen functional groups attached to an aromatic ring is 1. The average Bonchev–Trinajstić information content (AvgIpc) is 2.96. The average molecular weight is 329 g/mol. The maximum atomic E-state index is 11.9. The summed E-state index contributed by atoms with van der Waals surface area (Å²) in [7, 11) is 1.91. The first kappa shape index (κ1) is 16.1. The van der Waals surface area contributed by atoms with Gasteiger partial charge in [-0.3, -0.25) is 10.5 Å². The van der Waals surface area contributed by atoms with Gasteiger partial charge in [0.2, 0.25) is 0 Å². The number of nitrogens with one attached hydrogen (secondary N) is 1. The van der Waals surface area contributed by atoms with E-state index in [0.29, 0.717) is 5.69 Å². The Morgan fingerprint density at radius 2 is 2.00 bits per heavy atom. The topological polar surface area (TPSA) is 128 Å². The lowest BCUT2D eigenvalue weighted by Crippen LogP contribution is -2.40. The van der Waals surface area contributed by atoms with Gasteiger partial charge in [-0.2, -0.15) is 5.10 Å². The molecular weight excluding hydrogens is 306 g/mol. The number of rotatable bonds is 2. The number of primary amides is 1. The molecule has 1 unspecified atom stereocenters. The van der Waals surface area contributed by atoms with Gasteiger partial charge in [0, 0.05) is 12.6 Å². The molecule has 0 aliphatic carbocycles. The molecule has 0 spiro atoms. The molecule has 1 aromatic carbocycles. The fourth-order valence-corrected chi connectivity index (χ4v) is 2.90. The predicted octanol–water partition coefficient (Wildman–Crippen LogP) is 1.09. The van der Waals surface area contributed by atoms with Crippen LogP contribution in [0.15, 0.2) is 18.2 Å². The van der Waals surface area contributed by atoms with Gasteiger partial charge in [0.25, 0.3) is 5.91 Å². The third kappa shape index (κ3) is 2.35. The zero-order valence-electron chi connectivity index (χ0n) is 14.3. The number of hydrogen-bond acceptors (Lipinski definition) is 6. The molecule has 3 rings (SSSR count). The summed E-state index contributed by atoms with van der Waals surface area (Å²) < 4.78 is 1.63. The van der Waals surface area contributed by atoms with Crippen LogP contribution in [0.25, 0.3) is 11.3 Å². The molecule has 0 fully saturated rings. The van der Waals surface area contributed by atoms with Crippen molar-refractivity contribution in [3.8, 4) is 11.3 Å². The number of nitrogens with zero attached hydrogens (tertiary/aromatic N) is 3. The number of amides is 1. The van der Waals surface area contributed by atoms with Crippen LogP contribution in [0.4, 0.5) is 17.2 Å².